The largest absolute Gasteiger partial charge is 0.318 e. The van der Waals surface area contributed by atoms with Crippen LogP contribution in [0.5, 0.6) is 0 Å². The van der Waals surface area contributed by atoms with Gasteiger partial charge in [0, 0.05) is 28.7 Å². The van der Waals surface area contributed by atoms with Crippen LogP contribution in [-0.4, -0.2) is 20.6 Å². The quantitative estimate of drug-likeness (QED) is 0.339. The summed E-state index contributed by atoms with van der Waals surface area (Å²) >= 11 is 0. The molecule has 0 bridgehead atoms. The number of nitrogens with one attached hydrogen (secondary N) is 1. The Kier molecular flexibility index (Phi) is 5.91. The van der Waals surface area contributed by atoms with Gasteiger partial charge in [0.25, 0.3) is 5.69 Å². The zero-order chi connectivity index (χ0) is 21.8. The highest BCUT2D eigenvalue weighted by molar-refractivity contribution is 5.83. The molecule has 0 aliphatic heterocycles. The molecule has 0 amide bonds. The van der Waals surface area contributed by atoms with E-state index in [1.807, 2.05) is 32.0 Å². The maximum atomic E-state index is 11.2. The van der Waals surface area contributed by atoms with Gasteiger partial charge in [-0.1, -0.05) is 25.1 Å². The average Bonchev–Trinajstić information content (AvgIpc) is 3.00. The molecule has 0 atom stereocenters. The van der Waals surface area contributed by atoms with Crippen molar-refractivity contribution < 1.29 is 9.85 Å². The lowest BCUT2D eigenvalue weighted by Gasteiger charge is -2.13. The van der Waals surface area contributed by atoms with E-state index in [-0.39, 0.29) is 11.4 Å². The van der Waals surface area contributed by atoms with Crippen molar-refractivity contribution in [1.82, 2.24) is 4.57 Å². The van der Waals surface area contributed by atoms with Crippen LogP contribution in [0.4, 0.5) is 17.1 Å². The number of nitro benzene ring substituents is 2. The third kappa shape index (κ3) is 4.04. The number of hydrazone groups is 1. The molecule has 0 aliphatic rings. The lowest BCUT2D eigenvalue weighted by molar-refractivity contribution is -0.393. The molecule has 1 heterocycles. The number of benzene rings is 2. The molecule has 9 nitrogen and oxygen atoms in total. The van der Waals surface area contributed by atoms with Crippen LogP contribution in [0.3, 0.4) is 0 Å². The highest BCUT2D eigenvalue weighted by Crippen LogP contribution is 2.29. The van der Waals surface area contributed by atoms with Crippen molar-refractivity contribution in [2.24, 2.45) is 5.10 Å². The van der Waals surface area contributed by atoms with E-state index in [1.54, 1.807) is 6.21 Å². The molecule has 0 radical (unpaired) electrons. The van der Waals surface area contributed by atoms with Crippen molar-refractivity contribution in [2.75, 3.05) is 5.43 Å². The molecule has 3 aromatic rings. The number of nitro groups is 2. The Morgan fingerprint density at radius 1 is 1.07 bits per heavy atom. The van der Waals surface area contributed by atoms with Gasteiger partial charge < -0.3 is 4.57 Å². The van der Waals surface area contributed by atoms with Gasteiger partial charge in [-0.25, -0.2) is 0 Å². The summed E-state index contributed by atoms with van der Waals surface area (Å²) in [5, 5.41) is 26.2. The van der Waals surface area contributed by atoms with Crippen LogP contribution in [-0.2, 0) is 6.42 Å². The number of rotatable bonds is 7. The summed E-state index contributed by atoms with van der Waals surface area (Å²) in [6, 6.07) is 13.5. The van der Waals surface area contributed by atoms with Crippen LogP contribution in [0.15, 0.2) is 53.6 Å². The first-order valence-electron chi connectivity index (χ1n) is 9.32. The van der Waals surface area contributed by atoms with Crippen molar-refractivity contribution in [2.45, 2.75) is 27.2 Å². The van der Waals surface area contributed by atoms with Crippen LogP contribution >= 0.6 is 0 Å². The highest BCUT2D eigenvalue weighted by atomic mass is 16.6. The first-order valence-corrected chi connectivity index (χ1v) is 9.32. The Morgan fingerprint density at radius 3 is 2.47 bits per heavy atom. The normalized spacial score (nSPS) is 11.0. The SMILES string of the molecule is CCc1ccccc1-n1c(C)cc(/C=N\Nc2ccc([N+](=O)[O-])cc2[N+](=O)[O-])c1C. The zero-order valence-electron chi connectivity index (χ0n) is 16.8. The third-order valence-electron chi connectivity index (χ3n) is 4.86. The second kappa shape index (κ2) is 8.56. The maximum Gasteiger partial charge on any atom is 0.301 e. The van der Waals surface area contributed by atoms with Gasteiger partial charge in [-0.15, -0.1) is 0 Å². The maximum absolute atomic E-state index is 11.2. The highest BCUT2D eigenvalue weighted by Gasteiger charge is 2.19. The Bertz CT molecular complexity index is 1150. The molecule has 9 heteroatoms. The van der Waals surface area contributed by atoms with Crippen LogP contribution in [0.2, 0.25) is 0 Å². The summed E-state index contributed by atoms with van der Waals surface area (Å²) in [6.45, 7) is 6.09. The summed E-state index contributed by atoms with van der Waals surface area (Å²) in [4.78, 5) is 20.7. The molecule has 0 unspecified atom stereocenters. The Hall–Kier alpha value is -4.01. The van der Waals surface area contributed by atoms with E-state index < -0.39 is 15.5 Å². The number of aryl methyl sites for hydroxylation is 2. The van der Waals surface area contributed by atoms with Gasteiger partial charge >= 0.3 is 5.69 Å². The van der Waals surface area contributed by atoms with E-state index in [9.17, 15) is 20.2 Å². The van der Waals surface area contributed by atoms with E-state index in [0.29, 0.717) is 0 Å². The second-order valence-corrected chi connectivity index (χ2v) is 6.73. The Morgan fingerprint density at radius 2 is 1.80 bits per heavy atom. The van der Waals surface area contributed by atoms with Gasteiger partial charge in [-0.3, -0.25) is 25.7 Å². The predicted molar refractivity (Wildman–Crippen MR) is 116 cm³/mol. The molecule has 0 fully saturated rings. The minimum Gasteiger partial charge on any atom is -0.318 e. The summed E-state index contributed by atoms with van der Waals surface area (Å²) in [6.07, 6.45) is 2.49. The van der Waals surface area contributed by atoms with E-state index >= 15 is 0 Å². The average molecular weight is 407 g/mol. The van der Waals surface area contributed by atoms with Gasteiger partial charge in [-0.2, -0.15) is 5.10 Å². The lowest BCUT2D eigenvalue weighted by atomic mass is 10.1. The third-order valence-corrected chi connectivity index (χ3v) is 4.86. The molecule has 30 heavy (non-hydrogen) atoms. The molecule has 1 aromatic heterocycles. The molecular formula is C21H21N5O4. The van der Waals surface area contributed by atoms with Gasteiger partial charge in [-0.05, 0) is 44.0 Å². The number of para-hydroxylation sites is 1. The lowest BCUT2D eigenvalue weighted by Crippen LogP contribution is -2.03. The second-order valence-electron chi connectivity index (χ2n) is 6.73. The Balaban J connectivity index is 1.90. The first kappa shape index (κ1) is 20.7. The Labute approximate surface area is 173 Å². The van der Waals surface area contributed by atoms with Crippen LogP contribution in [0.1, 0.15) is 29.4 Å². The van der Waals surface area contributed by atoms with Crippen molar-refractivity contribution >= 4 is 23.3 Å². The molecule has 154 valence electrons. The van der Waals surface area contributed by atoms with E-state index in [2.05, 4.69) is 34.2 Å². The van der Waals surface area contributed by atoms with E-state index in [1.165, 1.54) is 17.7 Å². The van der Waals surface area contributed by atoms with Gasteiger partial charge in [0.15, 0.2) is 0 Å². The van der Waals surface area contributed by atoms with E-state index in [4.69, 9.17) is 0 Å². The van der Waals surface area contributed by atoms with Crippen molar-refractivity contribution in [3.63, 3.8) is 0 Å². The number of aromatic nitrogens is 1. The summed E-state index contributed by atoms with van der Waals surface area (Å²) in [7, 11) is 0. The fourth-order valence-corrected chi connectivity index (χ4v) is 3.37. The summed E-state index contributed by atoms with van der Waals surface area (Å²) < 4.78 is 2.15. The molecular weight excluding hydrogens is 386 g/mol. The smallest absolute Gasteiger partial charge is 0.301 e. The predicted octanol–water partition coefficient (Wildman–Crippen LogP) is 4.92. The molecule has 0 saturated heterocycles. The number of hydrogen-bond donors (Lipinski definition) is 1. The number of hydrogen-bond acceptors (Lipinski definition) is 6. The molecule has 0 spiro atoms. The van der Waals surface area contributed by atoms with E-state index in [0.717, 1.165) is 35.1 Å². The molecule has 0 aliphatic carbocycles. The van der Waals surface area contributed by atoms with Crippen LogP contribution < -0.4 is 5.43 Å². The van der Waals surface area contributed by atoms with Crippen molar-refractivity contribution in [3.05, 3.63) is 91.3 Å². The molecule has 3 rings (SSSR count). The fraction of sp³-hybridized carbons (Fsp3) is 0.190. The molecule has 2 aromatic carbocycles. The van der Waals surface area contributed by atoms with Crippen molar-refractivity contribution in [1.29, 1.82) is 0 Å². The monoisotopic (exact) mass is 407 g/mol. The minimum absolute atomic E-state index is 0.0759. The number of non-ortho nitro benzene ring substituents is 1. The molecule has 0 saturated carbocycles. The standard InChI is InChI=1S/C21H21N5O4/c1-4-16-7-5-6-8-20(16)24-14(2)11-17(15(24)3)13-22-23-19-10-9-18(25(27)28)12-21(19)26(29)30/h5-13,23H,4H2,1-3H3/b22-13-. The topological polar surface area (TPSA) is 116 Å². The fourth-order valence-electron chi connectivity index (χ4n) is 3.37. The van der Waals surface area contributed by atoms with Gasteiger partial charge in [0.2, 0.25) is 0 Å². The van der Waals surface area contributed by atoms with Crippen LogP contribution in [0, 0.1) is 34.1 Å². The van der Waals surface area contributed by atoms with Crippen molar-refractivity contribution in [3.8, 4) is 5.69 Å². The number of anilines is 1. The number of nitrogens with zero attached hydrogens (tertiary/aromatic N) is 4. The minimum atomic E-state index is -0.682. The van der Waals surface area contributed by atoms with Gasteiger partial charge in [0.1, 0.15) is 5.69 Å². The summed E-state index contributed by atoms with van der Waals surface area (Å²) in [5.74, 6) is 0. The summed E-state index contributed by atoms with van der Waals surface area (Å²) in [5.41, 5.74) is 7.14. The van der Waals surface area contributed by atoms with Gasteiger partial charge in [0.05, 0.1) is 22.1 Å². The first-order chi connectivity index (χ1) is 14.3. The zero-order valence-corrected chi connectivity index (χ0v) is 16.8. The molecule has 1 N–H and O–H groups in total. The van der Waals surface area contributed by atoms with Crippen LogP contribution in [0.25, 0.3) is 5.69 Å².